The molecule has 2 N–H and O–H groups in total. The standard InChI is InChI=1S/C21H29ClN2O2S/c1-4-15(5-2)14-26-19-9-8-16(11-17(19)22)13-24-18(12-21(25)23-3)20-7-6-10-27-20/h6-11,15,18,24H,4-5,12-14H2,1-3H3,(H,23,25)/t18-/m0/s1. The molecule has 148 valence electrons. The van der Waals surface area contributed by atoms with Gasteiger partial charge in [-0.05, 0) is 35.1 Å². The number of carbonyl (C=O) groups excluding carboxylic acids is 1. The molecule has 0 bridgehead atoms. The Balaban J connectivity index is 1.97. The van der Waals surface area contributed by atoms with Crippen LogP contribution >= 0.6 is 22.9 Å². The molecule has 1 aromatic carbocycles. The molecule has 0 saturated carbocycles. The first-order valence-electron chi connectivity index (χ1n) is 9.45. The van der Waals surface area contributed by atoms with E-state index in [1.54, 1.807) is 18.4 Å². The van der Waals surface area contributed by atoms with Gasteiger partial charge in [0.1, 0.15) is 5.75 Å². The summed E-state index contributed by atoms with van der Waals surface area (Å²) in [5.41, 5.74) is 1.06. The summed E-state index contributed by atoms with van der Waals surface area (Å²) in [6, 6.07) is 9.92. The molecule has 1 atom stereocenters. The fourth-order valence-electron chi connectivity index (χ4n) is 2.79. The van der Waals surface area contributed by atoms with Crippen molar-refractivity contribution in [3.05, 3.63) is 51.2 Å². The van der Waals surface area contributed by atoms with Gasteiger partial charge in [-0.25, -0.2) is 0 Å². The third kappa shape index (κ3) is 6.83. The molecule has 1 heterocycles. The lowest BCUT2D eigenvalue weighted by atomic mass is 10.1. The molecule has 2 rings (SSSR count). The van der Waals surface area contributed by atoms with Crippen LogP contribution in [0.4, 0.5) is 0 Å². The van der Waals surface area contributed by atoms with Gasteiger partial charge in [0.15, 0.2) is 0 Å². The van der Waals surface area contributed by atoms with Crippen molar-refractivity contribution in [2.24, 2.45) is 5.92 Å². The second-order valence-corrected chi connectivity index (χ2v) is 7.97. The van der Waals surface area contributed by atoms with E-state index in [1.807, 2.05) is 35.7 Å². The average Bonchev–Trinajstić information content (AvgIpc) is 3.21. The highest BCUT2D eigenvalue weighted by Crippen LogP contribution is 2.27. The topological polar surface area (TPSA) is 50.4 Å². The number of hydrogen-bond acceptors (Lipinski definition) is 4. The lowest BCUT2D eigenvalue weighted by molar-refractivity contribution is -0.121. The van der Waals surface area contributed by atoms with Crippen molar-refractivity contribution in [2.45, 2.75) is 45.7 Å². The van der Waals surface area contributed by atoms with Gasteiger partial charge in [0.2, 0.25) is 5.91 Å². The summed E-state index contributed by atoms with van der Waals surface area (Å²) in [5.74, 6) is 1.30. The lowest BCUT2D eigenvalue weighted by Gasteiger charge is -2.18. The molecule has 4 nitrogen and oxygen atoms in total. The van der Waals surface area contributed by atoms with Crippen LogP contribution in [0.3, 0.4) is 0 Å². The van der Waals surface area contributed by atoms with E-state index in [0.29, 0.717) is 30.5 Å². The van der Waals surface area contributed by atoms with Crippen LogP contribution in [-0.4, -0.2) is 19.6 Å². The van der Waals surface area contributed by atoms with Gasteiger partial charge in [-0.15, -0.1) is 11.3 Å². The number of rotatable bonds is 11. The van der Waals surface area contributed by atoms with Gasteiger partial charge in [0.05, 0.1) is 17.7 Å². The monoisotopic (exact) mass is 408 g/mol. The van der Waals surface area contributed by atoms with Crippen molar-refractivity contribution in [1.82, 2.24) is 10.6 Å². The molecule has 0 saturated heterocycles. The highest BCUT2D eigenvalue weighted by atomic mass is 35.5. The number of thiophene rings is 1. The SMILES string of the molecule is CCC(CC)COc1ccc(CN[C@@H](CC(=O)NC)c2cccs2)cc1Cl. The highest BCUT2D eigenvalue weighted by molar-refractivity contribution is 7.10. The Labute approximate surface area is 171 Å². The van der Waals surface area contributed by atoms with Crippen molar-refractivity contribution in [3.63, 3.8) is 0 Å². The second-order valence-electron chi connectivity index (χ2n) is 6.58. The first-order valence-corrected chi connectivity index (χ1v) is 10.7. The molecule has 0 aliphatic carbocycles. The first kappa shape index (κ1) is 21.7. The zero-order valence-electron chi connectivity index (χ0n) is 16.3. The predicted octanol–water partition coefficient (Wildman–Crippen LogP) is 5.18. The fraction of sp³-hybridized carbons (Fsp3) is 0.476. The molecule has 6 heteroatoms. The normalized spacial score (nSPS) is 12.2. The summed E-state index contributed by atoms with van der Waals surface area (Å²) in [5, 5.41) is 8.81. The van der Waals surface area contributed by atoms with E-state index in [-0.39, 0.29) is 11.9 Å². The zero-order chi connectivity index (χ0) is 19.6. The summed E-state index contributed by atoms with van der Waals surface area (Å²) in [6.07, 6.45) is 2.61. The number of hydrogen-bond donors (Lipinski definition) is 2. The highest BCUT2D eigenvalue weighted by Gasteiger charge is 2.16. The minimum atomic E-state index is -0.0190. The average molecular weight is 409 g/mol. The largest absolute Gasteiger partial charge is 0.492 e. The summed E-state index contributed by atoms with van der Waals surface area (Å²) < 4.78 is 5.88. The Hall–Kier alpha value is -1.56. The summed E-state index contributed by atoms with van der Waals surface area (Å²) in [4.78, 5) is 13.0. The maximum absolute atomic E-state index is 11.8. The maximum Gasteiger partial charge on any atom is 0.221 e. The van der Waals surface area contributed by atoms with E-state index in [2.05, 4.69) is 24.5 Å². The second kappa shape index (κ2) is 11.3. The molecule has 1 amide bonds. The van der Waals surface area contributed by atoms with Crippen LogP contribution < -0.4 is 15.4 Å². The first-order chi connectivity index (χ1) is 13.1. The molecule has 0 fully saturated rings. The smallest absolute Gasteiger partial charge is 0.221 e. The van der Waals surface area contributed by atoms with E-state index < -0.39 is 0 Å². The van der Waals surface area contributed by atoms with Crippen LogP contribution in [0.5, 0.6) is 5.75 Å². The molecule has 0 unspecified atom stereocenters. The lowest BCUT2D eigenvalue weighted by Crippen LogP contribution is -2.27. The van der Waals surface area contributed by atoms with E-state index >= 15 is 0 Å². The summed E-state index contributed by atoms with van der Waals surface area (Å²) >= 11 is 8.06. The van der Waals surface area contributed by atoms with Crippen LogP contribution in [0.25, 0.3) is 0 Å². The number of benzene rings is 1. The van der Waals surface area contributed by atoms with Crippen molar-refractivity contribution >= 4 is 28.8 Å². The quantitative estimate of drug-likeness (QED) is 0.538. The minimum absolute atomic E-state index is 0.0177. The van der Waals surface area contributed by atoms with Gasteiger partial charge in [-0.1, -0.05) is 50.4 Å². The van der Waals surface area contributed by atoms with Crippen molar-refractivity contribution in [1.29, 1.82) is 0 Å². The Morgan fingerprint density at radius 1 is 1.26 bits per heavy atom. The minimum Gasteiger partial charge on any atom is -0.492 e. The third-order valence-corrected chi connectivity index (χ3v) is 6.01. The number of nitrogens with one attached hydrogen (secondary N) is 2. The molecule has 0 radical (unpaired) electrons. The number of carbonyl (C=O) groups is 1. The predicted molar refractivity (Wildman–Crippen MR) is 114 cm³/mol. The van der Waals surface area contributed by atoms with Crippen LogP contribution in [0, 0.1) is 5.92 Å². The van der Waals surface area contributed by atoms with Gasteiger partial charge in [0.25, 0.3) is 0 Å². The van der Waals surface area contributed by atoms with Crippen molar-refractivity contribution < 1.29 is 9.53 Å². The number of amides is 1. The Morgan fingerprint density at radius 3 is 2.63 bits per heavy atom. The molecule has 0 aliphatic heterocycles. The molecule has 0 spiro atoms. The van der Waals surface area contributed by atoms with Gasteiger partial charge in [-0.2, -0.15) is 0 Å². The van der Waals surface area contributed by atoms with E-state index in [0.717, 1.165) is 29.0 Å². The van der Waals surface area contributed by atoms with Crippen LogP contribution in [0.2, 0.25) is 5.02 Å². The summed E-state index contributed by atoms with van der Waals surface area (Å²) in [7, 11) is 1.66. The number of ether oxygens (including phenoxy) is 1. The molecule has 2 aromatic rings. The molecule has 1 aromatic heterocycles. The van der Waals surface area contributed by atoms with Crippen LogP contribution in [-0.2, 0) is 11.3 Å². The third-order valence-electron chi connectivity index (χ3n) is 4.73. The number of halogens is 1. The van der Waals surface area contributed by atoms with Gasteiger partial charge in [0, 0.05) is 24.9 Å². The molecule has 27 heavy (non-hydrogen) atoms. The Bertz CT molecular complexity index is 702. The maximum atomic E-state index is 11.8. The Morgan fingerprint density at radius 2 is 2.04 bits per heavy atom. The zero-order valence-corrected chi connectivity index (χ0v) is 17.8. The molecular weight excluding hydrogens is 380 g/mol. The summed E-state index contributed by atoms with van der Waals surface area (Å²) in [6.45, 7) is 5.68. The van der Waals surface area contributed by atoms with Gasteiger partial charge >= 0.3 is 0 Å². The van der Waals surface area contributed by atoms with Crippen molar-refractivity contribution in [3.8, 4) is 5.75 Å². The van der Waals surface area contributed by atoms with E-state index in [1.165, 1.54) is 0 Å². The molecular formula is C21H29ClN2O2S. The molecule has 0 aliphatic rings. The van der Waals surface area contributed by atoms with Gasteiger partial charge < -0.3 is 15.4 Å². The fourth-order valence-corrected chi connectivity index (χ4v) is 3.85. The van der Waals surface area contributed by atoms with Crippen molar-refractivity contribution in [2.75, 3.05) is 13.7 Å². The van der Waals surface area contributed by atoms with Gasteiger partial charge in [-0.3, -0.25) is 4.79 Å². The van der Waals surface area contributed by atoms with Crippen LogP contribution in [0.15, 0.2) is 35.7 Å². The van der Waals surface area contributed by atoms with Crippen LogP contribution in [0.1, 0.15) is 49.6 Å². The van der Waals surface area contributed by atoms with E-state index in [4.69, 9.17) is 16.3 Å². The Kier molecular flexibility index (Phi) is 9.11. The van der Waals surface area contributed by atoms with E-state index in [9.17, 15) is 4.79 Å².